The highest BCUT2D eigenvalue weighted by molar-refractivity contribution is 6.34. The number of likely N-dealkylation sites (N-methyl/N-ethyl adjacent to an activating group) is 1. The molecule has 9 nitrogen and oxygen atoms in total. The summed E-state index contributed by atoms with van der Waals surface area (Å²) in [6, 6.07) is 9.24. The van der Waals surface area contributed by atoms with Crippen LogP contribution in [0, 0.1) is 10.1 Å². The maximum Gasteiger partial charge on any atom is 0.329 e. The Hall–Kier alpha value is -3.49. The van der Waals surface area contributed by atoms with Gasteiger partial charge < -0.3 is 9.32 Å². The van der Waals surface area contributed by atoms with Gasteiger partial charge in [-0.1, -0.05) is 12.1 Å². The van der Waals surface area contributed by atoms with Crippen molar-refractivity contribution in [1.82, 2.24) is 10.3 Å². The lowest BCUT2D eigenvalue weighted by molar-refractivity contribution is -0.384. The minimum Gasteiger partial charge on any atom is -0.455 e. The quantitative estimate of drug-likeness (QED) is 0.367. The molecular weight excluding hydrogens is 340 g/mol. The number of amides is 2. The summed E-state index contributed by atoms with van der Waals surface area (Å²) in [6.45, 7) is 4.40. The van der Waals surface area contributed by atoms with Crippen molar-refractivity contribution in [1.29, 1.82) is 0 Å². The number of nitro groups is 1. The van der Waals surface area contributed by atoms with Crippen molar-refractivity contribution in [2.75, 3.05) is 13.1 Å². The summed E-state index contributed by atoms with van der Waals surface area (Å²) in [7, 11) is 0. The predicted molar refractivity (Wildman–Crippen MR) is 94.5 cm³/mol. The molecule has 1 aromatic carbocycles. The molecular formula is C17H18N4O5. The second-order valence-corrected chi connectivity index (χ2v) is 5.19. The van der Waals surface area contributed by atoms with Gasteiger partial charge in [0.05, 0.1) is 11.1 Å². The molecule has 136 valence electrons. The number of carbonyl (C=O) groups is 2. The van der Waals surface area contributed by atoms with Gasteiger partial charge in [-0.05, 0) is 26.0 Å². The highest BCUT2D eigenvalue weighted by Crippen LogP contribution is 2.25. The third-order valence-corrected chi connectivity index (χ3v) is 3.57. The maximum atomic E-state index is 11.8. The zero-order chi connectivity index (χ0) is 19.1. The molecule has 0 saturated carbocycles. The van der Waals surface area contributed by atoms with Gasteiger partial charge in [0.25, 0.3) is 5.69 Å². The first-order chi connectivity index (χ1) is 12.5. The summed E-state index contributed by atoms with van der Waals surface area (Å²) in [4.78, 5) is 35.2. The number of benzene rings is 1. The molecule has 2 amide bonds. The molecule has 0 aliphatic heterocycles. The average molecular weight is 358 g/mol. The highest BCUT2D eigenvalue weighted by atomic mass is 16.6. The van der Waals surface area contributed by atoms with Gasteiger partial charge >= 0.3 is 11.8 Å². The number of nitro benzene ring substituents is 1. The number of furan rings is 1. The molecule has 0 aliphatic carbocycles. The largest absolute Gasteiger partial charge is 0.455 e. The van der Waals surface area contributed by atoms with Gasteiger partial charge in [-0.15, -0.1) is 0 Å². The first kappa shape index (κ1) is 18.8. The Morgan fingerprint density at radius 3 is 2.65 bits per heavy atom. The summed E-state index contributed by atoms with van der Waals surface area (Å²) >= 11 is 0. The van der Waals surface area contributed by atoms with E-state index < -0.39 is 16.7 Å². The van der Waals surface area contributed by atoms with Crippen LogP contribution in [0.3, 0.4) is 0 Å². The van der Waals surface area contributed by atoms with Crippen LogP contribution in [-0.2, 0) is 9.59 Å². The predicted octanol–water partition coefficient (Wildman–Crippen LogP) is 2.17. The van der Waals surface area contributed by atoms with E-state index in [2.05, 4.69) is 10.5 Å². The Kier molecular flexibility index (Phi) is 6.20. The molecule has 0 spiro atoms. The number of rotatable bonds is 6. The fourth-order valence-electron chi connectivity index (χ4n) is 2.21. The van der Waals surface area contributed by atoms with Gasteiger partial charge in [-0.3, -0.25) is 19.7 Å². The van der Waals surface area contributed by atoms with Crippen molar-refractivity contribution in [3.8, 4) is 11.3 Å². The average Bonchev–Trinajstić information content (AvgIpc) is 3.11. The maximum absolute atomic E-state index is 11.8. The topological polar surface area (TPSA) is 118 Å². The number of nitrogens with one attached hydrogen (secondary N) is 1. The molecule has 1 N–H and O–H groups in total. The van der Waals surface area contributed by atoms with Gasteiger partial charge in [0, 0.05) is 30.8 Å². The SMILES string of the molecule is CCN(CC)C(=O)C(=O)NN=Cc1ccc(-c2cccc([N+](=O)[O-])c2)o1. The number of non-ortho nitro benzene ring substituents is 1. The Bertz CT molecular complexity index is 839. The lowest BCUT2D eigenvalue weighted by Crippen LogP contribution is -2.41. The first-order valence-corrected chi connectivity index (χ1v) is 7.93. The Morgan fingerprint density at radius 1 is 1.27 bits per heavy atom. The van der Waals surface area contributed by atoms with E-state index in [9.17, 15) is 19.7 Å². The van der Waals surface area contributed by atoms with Crippen molar-refractivity contribution in [3.63, 3.8) is 0 Å². The van der Waals surface area contributed by atoms with E-state index in [-0.39, 0.29) is 5.69 Å². The van der Waals surface area contributed by atoms with Crippen molar-refractivity contribution in [2.24, 2.45) is 5.10 Å². The van der Waals surface area contributed by atoms with E-state index >= 15 is 0 Å². The minimum atomic E-state index is -0.838. The summed E-state index contributed by atoms with van der Waals surface area (Å²) < 4.78 is 5.52. The lowest BCUT2D eigenvalue weighted by atomic mass is 10.1. The summed E-state index contributed by atoms with van der Waals surface area (Å²) in [5.74, 6) is -0.762. The van der Waals surface area contributed by atoms with Gasteiger partial charge in [0.15, 0.2) is 0 Å². The number of hydrogen-bond acceptors (Lipinski definition) is 6. The van der Waals surface area contributed by atoms with E-state index in [0.29, 0.717) is 30.2 Å². The van der Waals surface area contributed by atoms with Crippen molar-refractivity contribution >= 4 is 23.7 Å². The standard InChI is InChI=1S/C17H18N4O5/c1-3-20(4-2)17(23)16(22)19-18-11-14-8-9-15(26-14)12-6-5-7-13(10-12)21(24)25/h5-11H,3-4H2,1-2H3,(H,19,22). The molecule has 0 fully saturated rings. The van der Waals surface area contributed by atoms with Crippen LogP contribution in [0.25, 0.3) is 11.3 Å². The highest BCUT2D eigenvalue weighted by Gasteiger charge is 2.18. The van der Waals surface area contributed by atoms with Gasteiger partial charge in [-0.25, -0.2) is 5.43 Å². The molecule has 2 rings (SSSR count). The minimum absolute atomic E-state index is 0.0451. The lowest BCUT2D eigenvalue weighted by Gasteiger charge is -2.16. The van der Waals surface area contributed by atoms with Gasteiger partial charge in [0.2, 0.25) is 0 Å². The first-order valence-electron chi connectivity index (χ1n) is 7.93. The van der Waals surface area contributed by atoms with Crippen molar-refractivity contribution in [2.45, 2.75) is 13.8 Å². The molecule has 2 aromatic rings. The number of nitrogens with zero attached hydrogens (tertiary/aromatic N) is 3. The molecule has 0 bridgehead atoms. The van der Waals surface area contributed by atoms with Gasteiger partial charge in [0.1, 0.15) is 11.5 Å². The van der Waals surface area contributed by atoms with Crippen LogP contribution in [-0.4, -0.2) is 40.9 Å². The Morgan fingerprint density at radius 2 is 2.00 bits per heavy atom. The third kappa shape index (κ3) is 4.53. The van der Waals surface area contributed by atoms with Crippen LogP contribution in [0.4, 0.5) is 5.69 Å². The van der Waals surface area contributed by atoms with E-state index in [1.807, 2.05) is 0 Å². The Labute approximate surface area is 149 Å². The van der Waals surface area contributed by atoms with Crippen LogP contribution < -0.4 is 5.43 Å². The molecule has 0 radical (unpaired) electrons. The fourth-order valence-corrected chi connectivity index (χ4v) is 2.21. The Balaban J connectivity index is 2.03. The third-order valence-electron chi connectivity index (χ3n) is 3.57. The zero-order valence-electron chi connectivity index (χ0n) is 14.3. The van der Waals surface area contributed by atoms with E-state index in [0.717, 1.165) is 0 Å². The fraction of sp³-hybridized carbons (Fsp3) is 0.235. The normalized spacial score (nSPS) is 10.7. The monoisotopic (exact) mass is 358 g/mol. The second kappa shape index (κ2) is 8.56. The molecule has 0 saturated heterocycles. The van der Waals surface area contributed by atoms with Crippen molar-refractivity contribution in [3.05, 3.63) is 52.3 Å². The molecule has 26 heavy (non-hydrogen) atoms. The van der Waals surface area contributed by atoms with E-state index in [1.54, 1.807) is 38.1 Å². The van der Waals surface area contributed by atoms with Crippen LogP contribution in [0.5, 0.6) is 0 Å². The molecule has 0 atom stereocenters. The molecule has 1 aromatic heterocycles. The molecule has 9 heteroatoms. The zero-order valence-corrected chi connectivity index (χ0v) is 14.3. The molecule has 0 aliphatic rings. The van der Waals surface area contributed by atoms with Crippen LogP contribution in [0.2, 0.25) is 0 Å². The van der Waals surface area contributed by atoms with Crippen LogP contribution in [0.15, 0.2) is 45.9 Å². The summed E-state index contributed by atoms with van der Waals surface area (Å²) in [5, 5.41) is 14.5. The molecule has 0 unspecified atom stereocenters. The summed E-state index contributed by atoms with van der Waals surface area (Å²) in [5.41, 5.74) is 2.64. The van der Waals surface area contributed by atoms with E-state index in [1.165, 1.54) is 23.2 Å². The number of hydrogen-bond donors (Lipinski definition) is 1. The van der Waals surface area contributed by atoms with Gasteiger partial charge in [-0.2, -0.15) is 5.10 Å². The smallest absolute Gasteiger partial charge is 0.329 e. The van der Waals surface area contributed by atoms with Crippen LogP contribution >= 0.6 is 0 Å². The molecule has 1 heterocycles. The second-order valence-electron chi connectivity index (χ2n) is 5.19. The number of hydrazone groups is 1. The van der Waals surface area contributed by atoms with Crippen LogP contribution in [0.1, 0.15) is 19.6 Å². The van der Waals surface area contributed by atoms with Crippen molar-refractivity contribution < 1.29 is 18.9 Å². The van der Waals surface area contributed by atoms with E-state index in [4.69, 9.17) is 4.42 Å². The summed E-state index contributed by atoms with van der Waals surface area (Å²) in [6.07, 6.45) is 1.24. The number of carbonyl (C=O) groups excluding carboxylic acids is 2.